The normalized spacial score (nSPS) is 17.9. The van der Waals surface area contributed by atoms with Crippen molar-refractivity contribution in [2.45, 2.75) is 38.0 Å². The fourth-order valence-corrected chi connectivity index (χ4v) is 4.01. The molecule has 0 saturated heterocycles. The predicted molar refractivity (Wildman–Crippen MR) is 61.8 cm³/mol. The molecule has 1 aliphatic carbocycles. The highest BCUT2D eigenvalue weighted by atomic mass is 79.9. The zero-order chi connectivity index (χ0) is 9.97. The molecule has 2 nitrogen and oxygen atoms in total. The van der Waals surface area contributed by atoms with Crippen LogP contribution in [0.25, 0.3) is 0 Å². The molecule has 0 aliphatic heterocycles. The third-order valence-electron chi connectivity index (χ3n) is 2.71. The van der Waals surface area contributed by atoms with Crippen LogP contribution in [-0.4, -0.2) is 16.7 Å². The van der Waals surface area contributed by atoms with Crippen molar-refractivity contribution in [3.63, 3.8) is 0 Å². The Morgan fingerprint density at radius 2 is 2.14 bits per heavy atom. The Morgan fingerprint density at radius 1 is 1.43 bits per heavy atom. The second kappa shape index (κ2) is 4.73. The van der Waals surface area contributed by atoms with Crippen LogP contribution < -0.4 is 0 Å². The molecule has 0 spiro atoms. The molecular weight excluding hydrogens is 262 g/mol. The van der Waals surface area contributed by atoms with Crippen LogP contribution in [0.1, 0.15) is 41.5 Å². The summed E-state index contributed by atoms with van der Waals surface area (Å²) in [5, 5.41) is 9.89. The quantitative estimate of drug-likeness (QED) is 0.920. The third kappa shape index (κ3) is 2.18. The maximum atomic E-state index is 8.84. The Kier molecular flexibility index (Phi) is 3.57. The fraction of sp³-hybridized carbons (Fsp3) is 0.700. The van der Waals surface area contributed by atoms with E-state index < -0.39 is 0 Å². The summed E-state index contributed by atoms with van der Waals surface area (Å²) in [6, 6.07) is 0. The van der Waals surface area contributed by atoms with E-state index in [1.807, 2.05) is 0 Å². The van der Waals surface area contributed by atoms with E-state index in [0.717, 1.165) is 9.61 Å². The van der Waals surface area contributed by atoms with Gasteiger partial charge in [-0.05, 0) is 34.7 Å². The zero-order valence-electron chi connectivity index (χ0n) is 8.00. The van der Waals surface area contributed by atoms with Crippen molar-refractivity contribution in [1.82, 2.24) is 4.98 Å². The Morgan fingerprint density at radius 3 is 2.79 bits per heavy atom. The molecule has 14 heavy (non-hydrogen) atoms. The van der Waals surface area contributed by atoms with Gasteiger partial charge in [0.25, 0.3) is 0 Å². The van der Waals surface area contributed by atoms with Gasteiger partial charge >= 0.3 is 0 Å². The van der Waals surface area contributed by atoms with Crippen molar-refractivity contribution in [2.24, 2.45) is 0 Å². The van der Waals surface area contributed by atoms with E-state index in [1.165, 1.54) is 30.6 Å². The van der Waals surface area contributed by atoms with Gasteiger partial charge in [-0.3, -0.25) is 0 Å². The molecule has 0 aromatic carbocycles. The Labute approximate surface area is 96.5 Å². The molecule has 1 aromatic heterocycles. The van der Waals surface area contributed by atoms with Gasteiger partial charge in [0.15, 0.2) is 0 Å². The van der Waals surface area contributed by atoms with Gasteiger partial charge < -0.3 is 5.11 Å². The van der Waals surface area contributed by atoms with E-state index in [0.29, 0.717) is 12.3 Å². The molecular formula is C10H14BrNOS. The summed E-state index contributed by atoms with van der Waals surface area (Å²) in [5.74, 6) is 0.717. The number of aliphatic hydroxyl groups excluding tert-OH is 1. The minimum atomic E-state index is 0.198. The number of hydrogen-bond acceptors (Lipinski definition) is 3. The van der Waals surface area contributed by atoms with Crippen LogP contribution in [-0.2, 0) is 6.42 Å². The number of aromatic nitrogens is 1. The number of thiazole rings is 1. The van der Waals surface area contributed by atoms with Crippen molar-refractivity contribution in [2.75, 3.05) is 6.61 Å². The van der Waals surface area contributed by atoms with Crippen molar-refractivity contribution < 1.29 is 5.11 Å². The standard InChI is InChI=1S/C10H14BrNOS/c11-10-9(7-3-1-2-4-7)14-8(12-10)5-6-13/h7,13H,1-6H2. The molecule has 0 amide bonds. The smallest absolute Gasteiger partial charge is 0.120 e. The zero-order valence-corrected chi connectivity index (χ0v) is 10.4. The van der Waals surface area contributed by atoms with Crippen LogP contribution >= 0.6 is 27.3 Å². The van der Waals surface area contributed by atoms with Gasteiger partial charge in [0.2, 0.25) is 0 Å². The van der Waals surface area contributed by atoms with Crippen LogP contribution in [0.2, 0.25) is 0 Å². The summed E-state index contributed by atoms with van der Waals surface area (Å²) in [7, 11) is 0. The van der Waals surface area contributed by atoms with Crippen molar-refractivity contribution >= 4 is 27.3 Å². The van der Waals surface area contributed by atoms with Crippen molar-refractivity contribution in [3.8, 4) is 0 Å². The van der Waals surface area contributed by atoms with Crippen molar-refractivity contribution in [1.29, 1.82) is 0 Å². The van der Waals surface area contributed by atoms with E-state index in [2.05, 4.69) is 20.9 Å². The topological polar surface area (TPSA) is 33.1 Å². The van der Waals surface area contributed by atoms with E-state index in [4.69, 9.17) is 5.11 Å². The maximum Gasteiger partial charge on any atom is 0.120 e. The molecule has 1 fully saturated rings. The number of hydrogen-bond donors (Lipinski definition) is 1. The van der Waals surface area contributed by atoms with E-state index >= 15 is 0 Å². The molecule has 2 rings (SSSR count). The predicted octanol–water partition coefficient (Wildman–Crippen LogP) is 3.10. The highest BCUT2D eigenvalue weighted by molar-refractivity contribution is 9.10. The van der Waals surface area contributed by atoms with Crippen LogP contribution in [0, 0.1) is 0 Å². The van der Waals surface area contributed by atoms with Gasteiger partial charge in [-0.1, -0.05) is 12.8 Å². The molecule has 1 N–H and O–H groups in total. The molecule has 1 saturated carbocycles. The lowest BCUT2D eigenvalue weighted by Gasteiger charge is -2.04. The van der Waals surface area contributed by atoms with E-state index in [1.54, 1.807) is 11.3 Å². The first-order valence-corrected chi connectivity index (χ1v) is 6.68. The number of rotatable bonds is 3. The average Bonchev–Trinajstić information content (AvgIpc) is 2.74. The molecule has 4 heteroatoms. The van der Waals surface area contributed by atoms with Gasteiger partial charge in [0.05, 0.1) is 5.01 Å². The lowest BCUT2D eigenvalue weighted by Crippen LogP contribution is -1.88. The van der Waals surface area contributed by atoms with Gasteiger partial charge in [0.1, 0.15) is 4.60 Å². The highest BCUT2D eigenvalue weighted by Crippen LogP contribution is 2.40. The van der Waals surface area contributed by atoms with Crippen molar-refractivity contribution in [3.05, 3.63) is 14.5 Å². The molecule has 78 valence electrons. The van der Waals surface area contributed by atoms with E-state index in [9.17, 15) is 0 Å². The SMILES string of the molecule is OCCc1nc(Br)c(C2CCCC2)s1. The number of aliphatic hydroxyl groups is 1. The highest BCUT2D eigenvalue weighted by Gasteiger charge is 2.22. The third-order valence-corrected chi connectivity index (χ3v) is 4.85. The fourth-order valence-electron chi connectivity index (χ4n) is 2.00. The largest absolute Gasteiger partial charge is 0.396 e. The second-order valence-corrected chi connectivity index (χ2v) is 5.58. The van der Waals surface area contributed by atoms with Crippen LogP contribution in [0.4, 0.5) is 0 Å². The Bertz CT molecular complexity index is 307. The van der Waals surface area contributed by atoms with Gasteiger partial charge in [-0.2, -0.15) is 0 Å². The van der Waals surface area contributed by atoms with Crippen LogP contribution in [0.5, 0.6) is 0 Å². The summed E-state index contributed by atoms with van der Waals surface area (Å²) >= 11 is 5.28. The lowest BCUT2D eigenvalue weighted by molar-refractivity contribution is 0.299. The molecule has 1 heterocycles. The van der Waals surface area contributed by atoms with Gasteiger partial charge in [-0.15, -0.1) is 11.3 Å². The molecule has 0 bridgehead atoms. The molecule has 1 aromatic rings. The molecule has 1 aliphatic rings. The minimum absolute atomic E-state index is 0.198. The van der Waals surface area contributed by atoms with Crippen LogP contribution in [0.15, 0.2) is 4.60 Å². The first kappa shape index (κ1) is 10.6. The lowest BCUT2D eigenvalue weighted by atomic mass is 10.1. The molecule has 0 unspecified atom stereocenters. The van der Waals surface area contributed by atoms with Gasteiger partial charge in [-0.25, -0.2) is 4.98 Å². The molecule has 0 radical (unpaired) electrons. The summed E-state index contributed by atoms with van der Waals surface area (Å²) in [6.45, 7) is 0.198. The minimum Gasteiger partial charge on any atom is -0.396 e. The average molecular weight is 276 g/mol. The summed E-state index contributed by atoms with van der Waals surface area (Å²) in [5.41, 5.74) is 0. The second-order valence-electron chi connectivity index (χ2n) is 3.72. The van der Waals surface area contributed by atoms with E-state index in [-0.39, 0.29) is 6.61 Å². The Hall–Kier alpha value is 0.0700. The number of nitrogens with zero attached hydrogens (tertiary/aromatic N) is 1. The molecule has 0 atom stereocenters. The number of halogens is 1. The maximum absolute atomic E-state index is 8.84. The summed E-state index contributed by atoms with van der Waals surface area (Å²) in [4.78, 5) is 5.81. The first-order chi connectivity index (χ1) is 6.81. The van der Waals surface area contributed by atoms with Crippen LogP contribution in [0.3, 0.4) is 0 Å². The Balaban J connectivity index is 2.15. The van der Waals surface area contributed by atoms with Gasteiger partial charge in [0, 0.05) is 17.9 Å². The monoisotopic (exact) mass is 275 g/mol. The first-order valence-electron chi connectivity index (χ1n) is 5.07. The summed E-state index contributed by atoms with van der Waals surface area (Å²) < 4.78 is 1.01. The summed E-state index contributed by atoms with van der Waals surface area (Å²) in [6.07, 6.45) is 6.00.